The van der Waals surface area contributed by atoms with Gasteiger partial charge in [0.05, 0.1) is 23.9 Å². The van der Waals surface area contributed by atoms with Gasteiger partial charge in [-0.2, -0.15) is 0 Å². The Labute approximate surface area is 126 Å². The molecule has 1 aliphatic heterocycles. The maximum atomic E-state index is 12.0. The zero-order valence-electron chi connectivity index (χ0n) is 12.2. The number of methoxy groups -OCH3 is 1. The highest BCUT2D eigenvalue weighted by Crippen LogP contribution is 2.18. The van der Waals surface area contributed by atoms with E-state index in [1.165, 1.54) is 7.11 Å². The number of hydrogen-bond donors (Lipinski definition) is 1. The highest BCUT2D eigenvalue weighted by Gasteiger charge is 2.32. The maximum absolute atomic E-state index is 12.0. The second kappa shape index (κ2) is 8.09. The first-order valence-corrected chi connectivity index (χ1v) is 10.4. The lowest BCUT2D eigenvalue weighted by atomic mass is 10.2. The van der Waals surface area contributed by atoms with Gasteiger partial charge in [-0.25, -0.2) is 21.6 Å². The van der Waals surface area contributed by atoms with Crippen LogP contribution in [0.2, 0.25) is 0 Å². The molecule has 0 radical (unpaired) electrons. The van der Waals surface area contributed by atoms with Crippen molar-refractivity contribution in [2.75, 3.05) is 25.2 Å². The summed E-state index contributed by atoms with van der Waals surface area (Å²) < 4.78 is 53.6. The third-order valence-corrected chi connectivity index (χ3v) is 7.20. The number of unbranched alkanes of at least 4 members (excludes halogenated alkanes) is 2. The number of carbonyl (C=O) groups is 1. The fourth-order valence-electron chi connectivity index (χ4n) is 2.18. The van der Waals surface area contributed by atoms with Gasteiger partial charge >= 0.3 is 5.97 Å². The SMILES string of the molecule is COC(=O)CCCCCNS(=O)(=O)C1CCS(=O)(=O)CC1. The number of nitrogens with one attached hydrogen (secondary N) is 1. The summed E-state index contributed by atoms with van der Waals surface area (Å²) in [6, 6.07) is 0. The van der Waals surface area contributed by atoms with E-state index in [0.29, 0.717) is 25.8 Å². The molecule has 0 unspecified atom stereocenters. The summed E-state index contributed by atoms with van der Waals surface area (Å²) >= 11 is 0. The van der Waals surface area contributed by atoms with Gasteiger partial charge in [-0.3, -0.25) is 4.79 Å². The standard InChI is InChI=1S/C12H23NO6S2/c1-19-12(14)5-3-2-4-8-13-21(17,18)11-6-9-20(15,16)10-7-11/h11,13H,2-10H2,1H3. The van der Waals surface area contributed by atoms with Gasteiger partial charge in [-0.05, 0) is 25.7 Å². The van der Waals surface area contributed by atoms with Crippen LogP contribution in [0.5, 0.6) is 0 Å². The molecule has 9 heteroatoms. The average Bonchev–Trinajstić information content (AvgIpc) is 2.41. The molecule has 0 aromatic heterocycles. The van der Waals surface area contributed by atoms with Crippen molar-refractivity contribution >= 4 is 25.8 Å². The monoisotopic (exact) mass is 341 g/mol. The molecule has 1 aliphatic rings. The summed E-state index contributed by atoms with van der Waals surface area (Å²) in [4.78, 5) is 10.9. The molecule has 0 aliphatic carbocycles. The van der Waals surface area contributed by atoms with Crippen molar-refractivity contribution in [3.05, 3.63) is 0 Å². The maximum Gasteiger partial charge on any atom is 0.305 e. The largest absolute Gasteiger partial charge is 0.469 e. The van der Waals surface area contributed by atoms with Gasteiger partial charge < -0.3 is 4.74 Å². The molecule has 1 heterocycles. The lowest BCUT2D eigenvalue weighted by Crippen LogP contribution is -2.40. The fraction of sp³-hybridized carbons (Fsp3) is 0.917. The molecule has 1 rings (SSSR count). The number of rotatable bonds is 8. The highest BCUT2D eigenvalue weighted by atomic mass is 32.2. The Morgan fingerprint density at radius 1 is 1.19 bits per heavy atom. The van der Waals surface area contributed by atoms with E-state index in [-0.39, 0.29) is 30.3 Å². The summed E-state index contributed by atoms with van der Waals surface area (Å²) in [6.45, 7) is 0.312. The second-order valence-corrected chi connectivity index (χ2v) is 9.53. The molecule has 1 fully saturated rings. The Morgan fingerprint density at radius 2 is 1.81 bits per heavy atom. The van der Waals surface area contributed by atoms with Gasteiger partial charge in [-0.15, -0.1) is 0 Å². The van der Waals surface area contributed by atoms with Gasteiger partial charge in [0.2, 0.25) is 10.0 Å². The lowest BCUT2D eigenvalue weighted by molar-refractivity contribution is -0.140. The third kappa shape index (κ3) is 6.75. The van der Waals surface area contributed by atoms with Crippen LogP contribution in [0.1, 0.15) is 38.5 Å². The van der Waals surface area contributed by atoms with E-state index in [2.05, 4.69) is 9.46 Å². The van der Waals surface area contributed by atoms with Crippen molar-refractivity contribution in [2.45, 2.75) is 43.8 Å². The van der Waals surface area contributed by atoms with Gasteiger partial charge in [0, 0.05) is 13.0 Å². The van der Waals surface area contributed by atoms with Crippen molar-refractivity contribution < 1.29 is 26.4 Å². The van der Waals surface area contributed by atoms with Crippen LogP contribution >= 0.6 is 0 Å². The molecule has 1 N–H and O–H groups in total. The second-order valence-electron chi connectivity index (χ2n) is 5.18. The number of esters is 1. The molecule has 0 saturated carbocycles. The van der Waals surface area contributed by atoms with Gasteiger partial charge in [-0.1, -0.05) is 6.42 Å². The molecule has 0 amide bonds. The quantitative estimate of drug-likeness (QED) is 0.500. The first kappa shape index (κ1) is 18.4. The minimum atomic E-state index is -3.45. The molecule has 7 nitrogen and oxygen atoms in total. The van der Waals surface area contributed by atoms with E-state index in [9.17, 15) is 21.6 Å². The zero-order valence-corrected chi connectivity index (χ0v) is 13.8. The van der Waals surface area contributed by atoms with Crippen molar-refractivity contribution in [3.8, 4) is 0 Å². The Bertz CT molecular complexity index is 526. The van der Waals surface area contributed by atoms with Gasteiger partial charge in [0.15, 0.2) is 0 Å². The van der Waals surface area contributed by atoms with E-state index < -0.39 is 25.1 Å². The minimum absolute atomic E-state index is 0.0578. The minimum Gasteiger partial charge on any atom is -0.469 e. The van der Waals surface area contributed by atoms with Crippen LogP contribution in [0.25, 0.3) is 0 Å². The van der Waals surface area contributed by atoms with E-state index >= 15 is 0 Å². The normalized spacial score (nSPS) is 19.3. The molecule has 0 spiro atoms. The molecule has 0 bridgehead atoms. The van der Waals surface area contributed by atoms with E-state index in [4.69, 9.17) is 0 Å². The topological polar surface area (TPSA) is 107 Å². The molecule has 1 saturated heterocycles. The lowest BCUT2D eigenvalue weighted by Gasteiger charge is -2.22. The van der Waals surface area contributed by atoms with Gasteiger partial charge in [0.25, 0.3) is 0 Å². The molecule has 21 heavy (non-hydrogen) atoms. The molecule has 0 atom stereocenters. The number of ether oxygens (including phenoxy) is 1. The summed E-state index contributed by atoms with van der Waals surface area (Å²) in [5.74, 6) is -0.380. The number of sulfone groups is 1. The summed E-state index contributed by atoms with van der Waals surface area (Å²) in [5, 5.41) is -0.615. The van der Waals surface area contributed by atoms with Crippen LogP contribution in [-0.4, -0.2) is 53.2 Å². The van der Waals surface area contributed by atoms with Crippen LogP contribution in [0.3, 0.4) is 0 Å². The Hall–Kier alpha value is -0.670. The van der Waals surface area contributed by atoms with E-state index in [1.807, 2.05) is 0 Å². The average molecular weight is 341 g/mol. The fourth-order valence-corrected chi connectivity index (χ4v) is 5.49. The van der Waals surface area contributed by atoms with Crippen molar-refractivity contribution in [1.82, 2.24) is 4.72 Å². The van der Waals surface area contributed by atoms with Crippen LogP contribution < -0.4 is 4.72 Å². The first-order chi connectivity index (χ1) is 9.77. The summed E-state index contributed by atoms with van der Waals surface area (Å²) in [7, 11) is -5.17. The molecule has 124 valence electrons. The van der Waals surface area contributed by atoms with E-state index in [0.717, 1.165) is 6.42 Å². The first-order valence-electron chi connectivity index (χ1n) is 7.02. The number of sulfonamides is 1. The predicted octanol–water partition coefficient (Wildman–Crippen LogP) is 0.216. The van der Waals surface area contributed by atoms with Crippen LogP contribution in [0, 0.1) is 0 Å². The summed E-state index contributed by atoms with van der Waals surface area (Å²) in [6.07, 6.45) is 2.71. The van der Waals surface area contributed by atoms with Crippen molar-refractivity contribution in [2.24, 2.45) is 0 Å². The van der Waals surface area contributed by atoms with E-state index in [1.54, 1.807) is 0 Å². The van der Waals surface area contributed by atoms with Crippen molar-refractivity contribution in [3.63, 3.8) is 0 Å². The van der Waals surface area contributed by atoms with Crippen LogP contribution in [0.4, 0.5) is 0 Å². The smallest absolute Gasteiger partial charge is 0.305 e. The molecular weight excluding hydrogens is 318 g/mol. The zero-order chi connectivity index (χ0) is 15.9. The predicted molar refractivity (Wildman–Crippen MR) is 79.1 cm³/mol. The summed E-state index contributed by atoms with van der Waals surface area (Å²) in [5.41, 5.74) is 0. The number of hydrogen-bond acceptors (Lipinski definition) is 6. The number of carbonyl (C=O) groups excluding carboxylic acids is 1. The third-order valence-electron chi connectivity index (χ3n) is 3.53. The van der Waals surface area contributed by atoms with Gasteiger partial charge in [0.1, 0.15) is 9.84 Å². The van der Waals surface area contributed by atoms with Crippen LogP contribution in [-0.2, 0) is 29.4 Å². The molecule has 0 aromatic carbocycles. The molecule has 0 aromatic rings. The van der Waals surface area contributed by atoms with Crippen molar-refractivity contribution in [1.29, 1.82) is 0 Å². The Morgan fingerprint density at radius 3 is 2.38 bits per heavy atom. The Balaban J connectivity index is 2.23. The van der Waals surface area contributed by atoms with Crippen LogP contribution in [0.15, 0.2) is 0 Å². The highest BCUT2D eigenvalue weighted by molar-refractivity contribution is 7.92. The Kier molecular flexibility index (Phi) is 7.08. The molecular formula is C12H23NO6S2.